The van der Waals surface area contributed by atoms with E-state index in [-0.39, 0.29) is 24.0 Å². The highest BCUT2D eigenvalue weighted by molar-refractivity contribution is 6.15. The summed E-state index contributed by atoms with van der Waals surface area (Å²) in [5, 5.41) is 2.86. The number of fused-ring (bicyclic) bond motifs is 1. The van der Waals surface area contributed by atoms with Gasteiger partial charge in [0.15, 0.2) is 0 Å². The number of anilines is 2. The number of carbonyl (C=O) groups excluding carboxylic acids is 2. The molecule has 1 aliphatic rings. The topological polar surface area (TPSA) is 58.6 Å². The number of ether oxygens (including phenoxy) is 1. The normalized spacial score (nSPS) is 16.1. The highest BCUT2D eigenvalue weighted by atomic mass is 16.5. The largest absolute Gasteiger partial charge is 0.491 e. The molecule has 0 saturated heterocycles. The fourth-order valence-corrected chi connectivity index (χ4v) is 3.45. The van der Waals surface area contributed by atoms with Crippen molar-refractivity contribution in [3.8, 4) is 5.75 Å². The molecule has 0 aromatic heterocycles. The van der Waals surface area contributed by atoms with Gasteiger partial charge in [-0.25, -0.2) is 0 Å². The van der Waals surface area contributed by atoms with Crippen molar-refractivity contribution in [2.24, 2.45) is 5.41 Å². The first-order valence-corrected chi connectivity index (χ1v) is 9.70. The van der Waals surface area contributed by atoms with Gasteiger partial charge in [0, 0.05) is 17.4 Å². The minimum Gasteiger partial charge on any atom is -0.491 e. The number of para-hydroxylation sites is 1. The Morgan fingerprint density at radius 3 is 2.39 bits per heavy atom. The number of carbonyl (C=O) groups is 2. The lowest BCUT2D eigenvalue weighted by atomic mass is 9.89. The van der Waals surface area contributed by atoms with Gasteiger partial charge in [0.1, 0.15) is 11.2 Å². The molecule has 3 rings (SSSR count). The third kappa shape index (κ3) is 3.88. The number of hydrogen-bond donors (Lipinski definition) is 1. The summed E-state index contributed by atoms with van der Waals surface area (Å²) in [5.41, 5.74) is 1.48. The fourth-order valence-electron chi connectivity index (χ4n) is 3.45. The average Bonchev–Trinajstić information content (AvgIpc) is 2.97. The van der Waals surface area contributed by atoms with Gasteiger partial charge in [0.2, 0.25) is 11.8 Å². The zero-order valence-corrected chi connectivity index (χ0v) is 17.2. The molecule has 5 nitrogen and oxygen atoms in total. The highest BCUT2D eigenvalue weighted by Crippen LogP contribution is 2.35. The molecule has 2 aromatic rings. The van der Waals surface area contributed by atoms with Crippen molar-refractivity contribution in [2.45, 2.75) is 53.2 Å². The second-order valence-corrected chi connectivity index (χ2v) is 8.13. The van der Waals surface area contributed by atoms with Crippen LogP contribution in [0.1, 0.15) is 40.2 Å². The van der Waals surface area contributed by atoms with E-state index in [4.69, 9.17) is 4.74 Å². The smallest absolute Gasteiger partial charge is 0.242 e. The Balaban J connectivity index is 1.75. The van der Waals surface area contributed by atoms with E-state index >= 15 is 0 Å². The van der Waals surface area contributed by atoms with E-state index in [0.717, 1.165) is 23.4 Å². The van der Waals surface area contributed by atoms with Crippen molar-refractivity contribution in [3.05, 3.63) is 54.1 Å². The standard InChI is InChI=1S/C23H28N2O3/c1-15(2)28-19-12-10-18(11-13-19)24-21(26)23(4,5)22(27)25-16(3)14-17-8-6-7-9-20(17)25/h6-13,15-16H,14H2,1-5H3,(H,24,26). The average molecular weight is 380 g/mol. The van der Waals surface area contributed by atoms with E-state index in [1.54, 1.807) is 30.9 Å². The predicted molar refractivity (Wildman–Crippen MR) is 112 cm³/mol. The summed E-state index contributed by atoms with van der Waals surface area (Å²) >= 11 is 0. The molecule has 28 heavy (non-hydrogen) atoms. The minimum absolute atomic E-state index is 0.0319. The molecule has 5 heteroatoms. The van der Waals surface area contributed by atoms with Crippen LogP contribution in [0.2, 0.25) is 0 Å². The number of hydrogen-bond acceptors (Lipinski definition) is 3. The van der Waals surface area contributed by atoms with Gasteiger partial charge in [-0.3, -0.25) is 9.59 Å². The van der Waals surface area contributed by atoms with E-state index in [0.29, 0.717) is 5.69 Å². The van der Waals surface area contributed by atoms with Gasteiger partial charge in [-0.1, -0.05) is 18.2 Å². The Hall–Kier alpha value is -2.82. The first kappa shape index (κ1) is 19.9. The zero-order valence-electron chi connectivity index (χ0n) is 17.2. The van der Waals surface area contributed by atoms with Gasteiger partial charge in [-0.05, 0) is 76.9 Å². The quantitative estimate of drug-likeness (QED) is 0.782. The van der Waals surface area contributed by atoms with Crippen LogP contribution in [0.3, 0.4) is 0 Å². The minimum atomic E-state index is -1.20. The maximum atomic E-state index is 13.3. The van der Waals surface area contributed by atoms with E-state index in [1.165, 1.54) is 0 Å². The lowest BCUT2D eigenvalue weighted by Crippen LogP contribution is -2.49. The summed E-state index contributed by atoms with van der Waals surface area (Å²) in [5.74, 6) is 0.222. The summed E-state index contributed by atoms with van der Waals surface area (Å²) in [6.07, 6.45) is 0.888. The maximum Gasteiger partial charge on any atom is 0.242 e. The van der Waals surface area contributed by atoms with Crippen LogP contribution in [0, 0.1) is 5.41 Å². The number of rotatable bonds is 5. The molecule has 2 amide bonds. The Morgan fingerprint density at radius 2 is 1.75 bits per heavy atom. The predicted octanol–water partition coefficient (Wildman–Crippen LogP) is 4.42. The lowest BCUT2D eigenvalue weighted by molar-refractivity contribution is -0.136. The van der Waals surface area contributed by atoms with E-state index in [9.17, 15) is 9.59 Å². The van der Waals surface area contributed by atoms with Crippen molar-refractivity contribution in [2.75, 3.05) is 10.2 Å². The van der Waals surface area contributed by atoms with Gasteiger partial charge in [-0.15, -0.1) is 0 Å². The molecule has 0 radical (unpaired) electrons. The van der Waals surface area contributed by atoms with Crippen LogP contribution in [0.5, 0.6) is 5.75 Å². The second-order valence-electron chi connectivity index (χ2n) is 8.13. The molecule has 2 aromatic carbocycles. The first-order valence-electron chi connectivity index (χ1n) is 9.70. The summed E-state index contributed by atoms with van der Waals surface area (Å²) in [4.78, 5) is 28.0. The van der Waals surface area contributed by atoms with Crippen LogP contribution in [0.4, 0.5) is 11.4 Å². The number of nitrogens with one attached hydrogen (secondary N) is 1. The third-order valence-electron chi connectivity index (χ3n) is 5.01. The van der Waals surface area contributed by atoms with Crippen molar-refractivity contribution in [3.63, 3.8) is 0 Å². The summed E-state index contributed by atoms with van der Waals surface area (Å²) in [6, 6.07) is 15.1. The number of nitrogens with zero attached hydrogens (tertiary/aromatic N) is 1. The molecule has 0 saturated carbocycles. The molecule has 1 unspecified atom stereocenters. The van der Waals surface area contributed by atoms with Crippen molar-refractivity contribution in [1.82, 2.24) is 0 Å². The Morgan fingerprint density at radius 1 is 1.11 bits per heavy atom. The summed E-state index contributed by atoms with van der Waals surface area (Å²) < 4.78 is 5.62. The lowest BCUT2D eigenvalue weighted by Gasteiger charge is -2.31. The number of amides is 2. The van der Waals surface area contributed by atoms with Gasteiger partial charge >= 0.3 is 0 Å². The van der Waals surface area contributed by atoms with Crippen LogP contribution in [0.15, 0.2) is 48.5 Å². The van der Waals surface area contributed by atoms with Crippen LogP contribution in [-0.2, 0) is 16.0 Å². The van der Waals surface area contributed by atoms with Crippen LogP contribution >= 0.6 is 0 Å². The van der Waals surface area contributed by atoms with Crippen molar-refractivity contribution < 1.29 is 14.3 Å². The van der Waals surface area contributed by atoms with E-state index in [2.05, 4.69) is 5.32 Å². The number of benzene rings is 2. The Labute approximate surface area is 166 Å². The summed E-state index contributed by atoms with van der Waals surface area (Å²) in [6.45, 7) is 9.28. The van der Waals surface area contributed by atoms with Gasteiger partial charge < -0.3 is 15.0 Å². The van der Waals surface area contributed by atoms with Crippen LogP contribution in [-0.4, -0.2) is 24.0 Å². The Kier molecular flexibility index (Phi) is 5.45. The van der Waals surface area contributed by atoms with Gasteiger partial charge in [0.05, 0.1) is 6.10 Å². The molecule has 1 N–H and O–H groups in total. The molecule has 0 aliphatic carbocycles. The molecule has 0 spiro atoms. The fraction of sp³-hybridized carbons (Fsp3) is 0.391. The molecule has 1 heterocycles. The zero-order chi connectivity index (χ0) is 20.5. The maximum absolute atomic E-state index is 13.3. The van der Waals surface area contributed by atoms with Crippen LogP contribution < -0.4 is 15.0 Å². The second kappa shape index (κ2) is 7.66. The molecule has 148 valence electrons. The van der Waals surface area contributed by atoms with Gasteiger partial charge in [0.25, 0.3) is 0 Å². The Bertz CT molecular complexity index is 872. The van der Waals surface area contributed by atoms with Gasteiger partial charge in [-0.2, -0.15) is 0 Å². The molecule has 0 fully saturated rings. The highest BCUT2D eigenvalue weighted by Gasteiger charge is 2.43. The SMILES string of the molecule is CC(C)Oc1ccc(NC(=O)C(C)(C)C(=O)N2c3ccccc3CC2C)cc1. The summed E-state index contributed by atoms with van der Waals surface area (Å²) in [7, 11) is 0. The molecular formula is C23H28N2O3. The third-order valence-corrected chi connectivity index (χ3v) is 5.01. The van der Waals surface area contributed by atoms with Crippen molar-refractivity contribution in [1.29, 1.82) is 0 Å². The van der Waals surface area contributed by atoms with E-state index in [1.807, 2.05) is 57.2 Å². The first-order chi connectivity index (χ1) is 13.2. The van der Waals surface area contributed by atoms with E-state index < -0.39 is 5.41 Å². The monoisotopic (exact) mass is 380 g/mol. The molecule has 0 bridgehead atoms. The van der Waals surface area contributed by atoms with Crippen molar-refractivity contribution >= 4 is 23.2 Å². The molecular weight excluding hydrogens is 352 g/mol. The van der Waals surface area contributed by atoms with Crippen LogP contribution in [0.25, 0.3) is 0 Å². The molecule has 1 atom stereocenters. The molecule has 1 aliphatic heterocycles.